The van der Waals surface area contributed by atoms with E-state index in [1.54, 1.807) is 31.2 Å². The molecular weight excluding hydrogens is 430 g/mol. The molecule has 0 radical (unpaired) electrons. The topological polar surface area (TPSA) is 117 Å². The van der Waals surface area contributed by atoms with Crippen molar-refractivity contribution in [2.45, 2.75) is 18.2 Å². The number of anilines is 1. The smallest absolute Gasteiger partial charge is 0.261 e. The molecule has 0 aliphatic heterocycles. The molecule has 1 amide bonds. The standard InChI is InChI=1S/C20H18ClN3O5S/c1-3-18(25)22-14-10-11-17(30(21,27)28)12-8-9-15(20(26)19(12)14)24-23-13-6-4-5-7-16(13)29-2/h4-11,26H,3H2,1-2H3,(H,22,25). The van der Waals surface area contributed by atoms with E-state index >= 15 is 0 Å². The SMILES string of the molecule is CCC(=O)Nc1ccc(S(=O)(=O)Cl)c2ccc(N=Nc3ccccc3OC)c(O)c12. The molecule has 0 atom stereocenters. The summed E-state index contributed by atoms with van der Waals surface area (Å²) in [4.78, 5) is 11.7. The van der Waals surface area contributed by atoms with E-state index in [9.17, 15) is 18.3 Å². The Labute approximate surface area is 177 Å². The van der Waals surface area contributed by atoms with Crippen molar-refractivity contribution in [3.05, 3.63) is 48.5 Å². The number of benzene rings is 3. The lowest BCUT2D eigenvalue weighted by Gasteiger charge is -2.13. The summed E-state index contributed by atoms with van der Waals surface area (Å²) in [6.07, 6.45) is 0.199. The number of phenols is 1. The van der Waals surface area contributed by atoms with Gasteiger partial charge in [-0.3, -0.25) is 4.79 Å². The summed E-state index contributed by atoms with van der Waals surface area (Å²) >= 11 is 0. The van der Waals surface area contributed by atoms with E-state index in [1.165, 1.54) is 31.4 Å². The van der Waals surface area contributed by atoms with E-state index in [-0.39, 0.29) is 45.1 Å². The first kappa shape index (κ1) is 21.5. The minimum absolute atomic E-state index is 0.0736. The molecule has 0 spiro atoms. The molecule has 0 saturated carbocycles. The fourth-order valence-corrected chi connectivity index (χ4v) is 3.91. The van der Waals surface area contributed by atoms with Gasteiger partial charge >= 0.3 is 0 Å². The minimum atomic E-state index is -4.10. The number of aromatic hydroxyl groups is 1. The monoisotopic (exact) mass is 447 g/mol. The maximum atomic E-state index is 12.0. The lowest BCUT2D eigenvalue weighted by Crippen LogP contribution is -2.10. The van der Waals surface area contributed by atoms with Crippen LogP contribution in [0, 0.1) is 0 Å². The summed E-state index contributed by atoms with van der Waals surface area (Å²) in [5, 5.41) is 21.9. The van der Waals surface area contributed by atoms with Gasteiger partial charge in [-0.15, -0.1) is 10.2 Å². The Hall–Kier alpha value is -3.17. The third kappa shape index (κ3) is 4.37. The first-order chi connectivity index (χ1) is 14.3. The minimum Gasteiger partial charge on any atom is -0.505 e. The van der Waals surface area contributed by atoms with Gasteiger partial charge in [0.1, 0.15) is 17.1 Å². The molecule has 0 saturated heterocycles. The van der Waals surface area contributed by atoms with Crippen LogP contribution in [-0.4, -0.2) is 26.5 Å². The number of hydrogen-bond donors (Lipinski definition) is 2. The van der Waals surface area contributed by atoms with Crippen molar-refractivity contribution in [1.29, 1.82) is 0 Å². The second kappa shape index (κ2) is 8.68. The first-order valence-corrected chi connectivity index (χ1v) is 11.1. The van der Waals surface area contributed by atoms with Gasteiger partial charge in [0.05, 0.1) is 23.1 Å². The van der Waals surface area contributed by atoms with E-state index in [4.69, 9.17) is 15.4 Å². The molecule has 0 aliphatic carbocycles. The Morgan fingerprint density at radius 3 is 2.47 bits per heavy atom. The average Bonchev–Trinajstić information content (AvgIpc) is 2.72. The summed E-state index contributed by atoms with van der Waals surface area (Å²) in [5.74, 6) is -0.161. The number of nitrogens with one attached hydrogen (secondary N) is 1. The fourth-order valence-electron chi connectivity index (χ4n) is 2.85. The highest BCUT2D eigenvalue weighted by molar-refractivity contribution is 8.14. The zero-order chi connectivity index (χ0) is 21.9. The van der Waals surface area contributed by atoms with Gasteiger partial charge in [0, 0.05) is 22.5 Å². The van der Waals surface area contributed by atoms with E-state index in [1.807, 2.05) is 0 Å². The zero-order valence-electron chi connectivity index (χ0n) is 16.1. The van der Waals surface area contributed by atoms with Gasteiger partial charge in [-0.25, -0.2) is 8.42 Å². The van der Waals surface area contributed by atoms with Crippen LogP contribution in [0.5, 0.6) is 11.5 Å². The molecule has 2 N–H and O–H groups in total. The number of ether oxygens (including phenoxy) is 1. The summed E-state index contributed by atoms with van der Waals surface area (Å²) in [5.41, 5.74) is 0.744. The Morgan fingerprint density at radius 2 is 1.80 bits per heavy atom. The second-order valence-corrected chi connectivity index (χ2v) is 8.71. The molecule has 0 fully saturated rings. The molecule has 0 aliphatic rings. The van der Waals surface area contributed by atoms with Crippen LogP contribution in [0.3, 0.4) is 0 Å². The molecule has 0 aromatic heterocycles. The summed E-state index contributed by atoms with van der Waals surface area (Å²) in [7, 11) is 2.94. The lowest BCUT2D eigenvalue weighted by atomic mass is 10.1. The number of hydrogen-bond acceptors (Lipinski definition) is 7. The summed E-state index contributed by atoms with van der Waals surface area (Å²) in [6.45, 7) is 1.67. The van der Waals surface area contributed by atoms with Crippen LogP contribution in [-0.2, 0) is 13.8 Å². The van der Waals surface area contributed by atoms with E-state index in [0.29, 0.717) is 11.4 Å². The largest absolute Gasteiger partial charge is 0.505 e. The highest BCUT2D eigenvalue weighted by atomic mass is 35.7. The number of nitrogens with zero attached hydrogens (tertiary/aromatic N) is 2. The molecule has 3 rings (SSSR count). The highest BCUT2D eigenvalue weighted by Crippen LogP contribution is 2.43. The van der Waals surface area contributed by atoms with Gasteiger partial charge in [-0.2, -0.15) is 0 Å². The Morgan fingerprint density at radius 1 is 1.10 bits per heavy atom. The number of amides is 1. The average molecular weight is 448 g/mol. The molecule has 3 aromatic carbocycles. The number of azo groups is 1. The third-order valence-corrected chi connectivity index (χ3v) is 5.68. The van der Waals surface area contributed by atoms with Crippen LogP contribution in [0.1, 0.15) is 13.3 Å². The molecule has 8 nitrogen and oxygen atoms in total. The number of fused-ring (bicyclic) bond motifs is 1. The van der Waals surface area contributed by atoms with Gasteiger partial charge in [-0.05, 0) is 30.3 Å². The van der Waals surface area contributed by atoms with Gasteiger partial charge in [0.15, 0.2) is 5.75 Å². The Kier molecular flexibility index (Phi) is 6.23. The van der Waals surface area contributed by atoms with Crippen molar-refractivity contribution in [3.8, 4) is 11.5 Å². The first-order valence-electron chi connectivity index (χ1n) is 8.84. The van der Waals surface area contributed by atoms with Crippen molar-refractivity contribution in [1.82, 2.24) is 0 Å². The van der Waals surface area contributed by atoms with Crippen molar-refractivity contribution in [3.63, 3.8) is 0 Å². The van der Waals surface area contributed by atoms with Crippen LogP contribution in [0.2, 0.25) is 0 Å². The summed E-state index contributed by atoms with van der Waals surface area (Å²) in [6, 6.07) is 12.4. The molecule has 3 aromatic rings. The zero-order valence-corrected chi connectivity index (χ0v) is 17.7. The van der Waals surface area contributed by atoms with Crippen LogP contribution in [0.25, 0.3) is 10.8 Å². The summed E-state index contributed by atoms with van der Waals surface area (Å²) < 4.78 is 29.1. The molecular formula is C20H18ClN3O5S. The molecule has 30 heavy (non-hydrogen) atoms. The predicted octanol–water partition coefficient (Wildman–Crippen LogP) is 5.25. The van der Waals surface area contributed by atoms with Crippen molar-refractivity contribution in [2.24, 2.45) is 10.2 Å². The highest BCUT2D eigenvalue weighted by Gasteiger charge is 2.20. The third-order valence-electron chi connectivity index (χ3n) is 4.30. The maximum Gasteiger partial charge on any atom is 0.261 e. The van der Waals surface area contributed by atoms with Gasteiger partial charge < -0.3 is 15.2 Å². The maximum absolute atomic E-state index is 12.0. The molecule has 0 unspecified atom stereocenters. The number of para-hydroxylation sites is 1. The van der Waals surface area contributed by atoms with Crippen LogP contribution < -0.4 is 10.1 Å². The van der Waals surface area contributed by atoms with Gasteiger partial charge in [0.25, 0.3) is 9.05 Å². The van der Waals surface area contributed by atoms with Crippen molar-refractivity contribution < 1.29 is 23.1 Å². The molecule has 10 heteroatoms. The number of phenolic OH excluding ortho intramolecular Hbond substituents is 1. The molecule has 0 heterocycles. The second-order valence-electron chi connectivity index (χ2n) is 6.18. The molecule has 156 valence electrons. The van der Waals surface area contributed by atoms with Crippen LogP contribution >= 0.6 is 10.7 Å². The number of carbonyl (C=O) groups excluding carboxylic acids is 1. The lowest BCUT2D eigenvalue weighted by molar-refractivity contribution is -0.115. The number of methoxy groups -OCH3 is 1. The van der Waals surface area contributed by atoms with Crippen LogP contribution in [0.4, 0.5) is 17.1 Å². The van der Waals surface area contributed by atoms with Crippen molar-refractivity contribution in [2.75, 3.05) is 12.4 Å². The van der Waals surface area contributed by atoms with Gasteiger partial charge in [0.2, 0.25) is 5.91 Å². The quantitative estimate of drug-likeness (QED) is 0.395. The fraction of sp³-hybridized carbons (Fsp3) is 0.150. The van der Waals surface area contributed by atoms with E-state index < -0.39 is 9.05 Å². The van der Waals surface area contributed by atoms with Gasteiger partial charge in [-0.1, -0.05) is 25.1 Å². The number of rotatable bonds is 6. The van der Waals surface area contributed by atoms with Crippen molar-refractivity contribution >= 4 is 53.5 Å². The Bertz CT molecular complexity index is 1260. The number of halogens is 1. The predicted molar refractivity (Wildman–Crippen MR) is 115 cm³/mol. The normalized spacial score (nSPS) is 11.7. The Balaban J connectivity index is 2.20. The number of carbonyl (C=O) groups is 1. The van der Waals surface area contributed by atoms with Crippen LogP contribution in [0.15, 0.2) is 63.7 Å². The van der Waals surface area contributed by atoms with E-state index in [0.717, 1.165) is 0 Å². The van der Waals surface area contributed by atoms with E-state index in [2.05, 4.69) is 15.5 Å². The molecule has 0 bridgehead atoms.